The van der Waals surface area contributed by atoms with E-state index >= 15 is 0 Å². The van der Waals surface area contributed by atoms with Gasteiger partial charge in [0.25, 0.3) is 0 Å². The minimum atomic E-state index is -1.16. The number of nitrogen functional groups attached to an aromatic ring is 2. The highest BCUT2D eigenvalue weighted by molar-refractivity contribution is 5.95. The molecule has 4 rings (SSSR count). The number of nitrogens with two attached hydrogens (primary N) is 2. The molecular formula is C37H40F2N4O6. The van der Waals surface area contributed by atoms with Crippen molar-refractivity contribution in [2.24, 2.45) is 0 Å². The number of hydrogen-bond donors (Lipinski definition) is 2. The van der Waals surface area contributed by atoms with Crippen LogP contribution in [-0.2, 0) is 0 Å². The number of hydrogen-bond acceptors (Lipinski definition) is 10. The molecular weight excluding hydrogens is 634 g/mol. The number of ether oxygens (including phenoxy) is 4. The zero-order valence-corrected chi connectivity index (χ0v) is 27.9. The molecule has 0 aliphatic heterocycles. The lowest BCUT2D eigenvalue weighted by Gasteiger charge is -2.15. The molecule has 12 heteroatoms. The molecule has 4 aromatic rings. The van der Waals surface area contributed by atoms with Crippen molar-refractivity contribution in [3.63, 3.8) is 0 Å². The van der Waals surface area contributed by atoms with Crippen LogP contribution in [0.4, 0.5) is 25.8 Å². The van der Waals surface area contributed by atoms with E-state index < -0.39 is 34.9 Å². The van der Waals surface area contributed by atoms with Gasteiger partial charge in [-0.05, 0) is 61.4 Å². The monoisotopic (exact) mass is 674 g/mol. The van der Waals surface area contributed by atoms with Gasteiger partial charge in [0.15, 0.2) is 0 Å². The number of esters is 2. The van der Waals surface area contributed by atoms with Gasteiger partial charge in [-0.3, -0.25) is 0 Å². The highest BCUT2D eigenvalue weighted by Gasteiger charge is 2.20. The van der Waals surface area contributed by atoms with Crippen molar-refractivity contribution >= 4 is 29.0 Å². The van der Waals surface area contributed by atoms with Crippen LogP contribution in [0.5, 0.6) is 23.0 Å². The zero-order valence-electron chi connectivity index (χ0n) is 27.9. The number of nitriles is 1. The first-order valence-electron chi connectivity index (χ1n) is 15.6. The van der Waals surface area contributed by atoms with Crippen LogP contribution in [0.25, 0.3) is 0 Å². The number of carbonyl (C=O) groups is 2. The van der Waals surface area contributed by atoms with Crippen LogP contribution in [0.15, 0.2) is 72.8 Å². The van der Waals surface area contributed by atoms with E-state index in [-0.39, 0.29) is 29.2 Å². The van der Waals surface area contributed by atoms with E-state index in [2.05, 4.69) is 6.92 Å². The summed E-state index contributed by atoms with van der Waals surface area (Å²) in [6.45, 7) is 5.02. The Balaban J connectivity index is 0.000000341. The average Bonchev–Trinajstić information content (AvgIpc) is 3.07. The highest BCUT2D eigenvalue weighted by atomic mass is 19.1. The first-order valence-corrected chi connectivity index (χ1v) is 15.6. The summed E-state index contributed by atoms with van der Waals surface area (Å²) in [7, 11) is 4.01. The lowest BCUT2D eigenvalue weighted by molar-refractivity contribution is 0.0727. The second-order valence-electron chi connectivity index (χ2n) is 11.0. The lowest BCUT2D eigenvalue weighted by atomic mass is 10.1. The minimum absolute atomic E-state index is 0.0547. The Kier molecular flexibility index (Phi) is 14.2. The van der Waals surface area contributed by atoms with E-state index in [1.165, 1.54) is 49.2 Å². The molecule has 4 N–H and O–H groups in total. The van der Waals surface area contributed by atoms with Crippen LogP contribution < -0.4 is 35.3 Å². The molecule has 0 bridgehead atoms. The standard InChI is InChI=1S/C24H18F2N2O5.C13H22N2O/c1-2-9-31-22-12-16(32-23(29)14-3-5-15(28)6-4-14)7-8-18(22)24(30)33-17-10-20(25)19(13-27)21(26)11-17;1-4-5-6-9-16-13-10-11(15(2)3)7-8-12(13)14/h3-8,10-12H,2,9,28H2,1H3;7-8,10H,4-6,9,14H2,1-3H3. The van der Waals surface area contributed by atoms with Gasteiger partial charge in [0.05, 0.1) is 24.5 Å². The fraction of sp³-hybridized carbons (Fsp3) is 0.270. The summed E-state index contributed by atoms with van der Waals surface area (Å²) in [6.07, 6.45) is 4.11. The molecule has 10 nitrogen and oxygen atoms in total. The van der Waals surface area contributed by atoms with Gasteiger partial charge in [0.1, 0.15) is 51.8 Å². The molecule has 0 saturated carbocycles. The van der Waals surface area contributed by atoms with Crippen molar-refractivity contribution in [1.29, 1.82) is 5.26 Å². The zero-order chi connectivity index (χ0) is 35.9. The fourth-order valence-corrected chi connectivity index (χ4v) is 4.19. The van der Waals surface area contributed by atoms with Crippen LogP contribution in [0.1, 0.15) is 65.8 Å². The molecule has 0 unspecified atom stereocenters. The Labute approximate surface area is 284 Å². The minimum Gasteiger partial charge on any atom is -0.493 e. The summed E-state index contributed by atoms with van der Waals surface area (Å²) in [5.74, 6) is -3.39. The predicted molar refractivity (Wildman–Crippen MR) is 184 cm³/mol. The second kappa shape index (κ2) is 18.5. The lowest BCUT2D eigenvalue weighted by Crippen LogP contribution is -2.13. The van der Waals surface area contributed by atoms with Crippen molar-refractivity contribution < 1.29 is 37.3 Å². The number of carbonyl (C=O) groups excluding carboxylic acids is 2. The largest absolute Gasteiger partial charge is 0.493 e. The maximum atomic E-state index is 13.8. The number of benzene rings is 4. The van der Waals surface area contributed by atoms with Crippen molar-refractivity contribution in [2.75, 3.05) is 43.7 Å². The van der Waals surface area contributed by atoms with Gasteiger partial charge in [-0.1, -0.05) is 26.7 Å². The molecule has 0 heterocycles. The number of halogens is 2. The van der Waals surface area contributed by atoms with Crippen LogP contribution in [0, 0.1) is 23.0 Å². The van der Waals surface area contributed by atoms with Crippen LogP contribution in [0.3, 0.4) is 0 Å². The number of unbranched alkanes of at least 4 members (excludes halogenated alkanes) is 2. The van der Waals surface area contributed by atoms with Crippen molar-refractivity contribution in [1.82, 2.24) is 0 Å². The molecule has 0 aromatic heterocycles. The van der Waals surface area contributed by atoms with E-state index in [0.29, 0.717) is 17.8 Å². The molecule has 0 fully saturated rings. The Hall–Kier alpha value is -5.83. The first kappa shape index (κ1) is 37.6. The van der Waals surface area contributed by atoms with Crippen molar-refractivity contribution in [3.8, 4) is 29.1 Å². The molecule has 258 valence electrons. The normalized spacial score (nSPS) is 10.2. The molecule has 0 saturated heterocycles. The smallest absolute Gasteiger partial charge is 0.347 e. The molecule has 0 aliphatic carbocycles. The van der Waals surface area contributed by atoms with Gasteiger partial charge in [0.2, 0.25) is 0 Å². The quantitative estimate of drug-likeness (QED) is 0.0630. The molecule has 0 spiro atoms. The van der Waals surface area contributed by atoms with Gasteiger partial charge < -0.3 is 35.3 Å². The fourth-order valence-electron chi connectivity index (χ4n) is 4.19. The van der Waals surface area contributed by atoms with Crippen LogP contribution >= 0.6 is 0 Å². The topological polar surface area (TPSA) is 150 Å². The predicted octanol–water partition coefficient (Wildman–Crippen LogP) is 7.55. The highest BCUT2D eigenvalue weighted by Crippen LogP contribution is 2.29. The Bertz CT molecular complexity index is 1750. The maximum absolute atomic E-state index is 13.8. The number of rotatable bonds is 13. The van der Waals surface area contributed by atoms with Gasteiger partial charge in [-0.25, -0.2) is 18.4 Å². The summed E-state index contributed by atoms with van der Waals surface area (Å²) >= 11 is 0. The van der Waals surface area contributed by atoms with Crippen molar-refractivity contribution in [3.05, 3.63) is 101 Å². The summed E-state index contributed by atoms with van der Waals surface area (Å²) in [5.41, 5.74) is 13.2. The summed E-state index contributed by atoms with van der Waals surface area (Å²) in [6, 6.07) is 18.8. The molecule has 0 aliphatic rings. The second-order valence-corrected chi connectivity index (χ2v) is 11.0. The van der Waals surface area contributed by atoms with E-state index in [1.807, 2.05) is 44.1 Å². The molecule has 0 amide bonds. The van der Waals surface area contributed by atoms with E-state index in [1.54, 1.807) is 12.1 Å². The number of anilines is 3. The summed E-state index contributed by atoms with van der Waals surface area (Å²) < 4.78 is 49.3. The molecule has 49 heavy (non-hydrogen) atoms. The third kappa shape index (κ3) is 11.1. The van der Waals surface area contributed by atoms with Crippen molar-refractivity contribution in [2.45, 2.75) is 39.5 Å². The third-order valence-electron chi connectivity index (χ3n) is 6.85. The Morgan fingerprint density at radius 3 is 2.02 bits per heavy atom. The molecule has 4 aromatic carbocycles. The van der Waals surface area contributed by atoms with Gasteiger partial charge >= 0.3 is 11.9 Å². The Morgan fingerprint density at radius 2 is 1.41 bits per heavy atom. The third-order valence-corrected chi connectivity index (χ3v) is 6.85. The van der Waals surface area contributed by atoms with Gasteiger partial charge in [0, 0.05) is 49.7 Å². The molecule has 0 radical (unpaired) electrons. The Morgan fingerprint density at radius 1 is 0.755 bits per heavy atom. The van der Waals surface area contributed by atoms with Crippen LogP contribution in [-0.4, -0.2) is 39.2 Å². The van der Waals surface area contributed by atoms with Crippen LogP contribution in [0.2, 0.25) is 0 Å². The summed E-state index contributed by atoms with van der Waals surface area (Å²) in [4.78, 5) is 27.0. The maximum Gasteiger partial charge on any atom is 0.347 e. The van der Waals surface area contributed by atoms with Gasteiger partial charge in [-0.2, -0.15) is 5.26 Å². The number of nitrogens with zero attached hydrogens (tertiary/aromatic N) is 2. The van der Waals surface area contributed by atoms with E-state index in [4.69, 9.17) is 35.7 Å². The molecule has 0 atom stereocenters. The summed E-state index contributed by atoms with van der Waals surface area (Å²) in [5, 5.41) is 8.75. The SMILES string of the molecule is CCCCCOc1cc(N(C)C)ccc1N.CCCOc1cc(OC(=O)c2ccc(N)cc2)ccc1C(=O)Oc1cc(F)c(C#N)c(F)c1. The average molecular weight is 675 g/mol. The van der Waals surface area contributed by atoms with E-state index in [0.717, 1.165) is 36.6 Å². The first-order chi connectivity index (χ1) is 23.5. The van der Waals surface area contributed by atoms with Gasteiger partial charge in [-0.15, -0.1) is 0 Å². The van der Waals surface area contributed by atoms with E-state index in [9.17, 15) is 18.4 Å².